The number of Topliss-reactive ketones (excluding diaryl/α,β-unsaturated/α-hetero) is 1. The first kappa shape index (κ1) is 12.3. The third kappa shape index (κ3) is 4.16. The van der Waals surface area contributed by atoms with Crippen LogP contribution in [0.15, 0.2) is 11.6 Å². The van der Waals surface area contributed by atoms with Gasteiger partial charge in [-0.05, 0) is 0 Å². The van der Waals surface area contributed by atoms with E-state index in [-0.39, 0.29) is 0 Å². The molecular weight excluding hydrogens is 279 g/mol. The molecule has 0 spiro atoms. The fourth-order valence-corrected chi connectivity index (χ4v) is 6.90. The minimum atomic E-state index is -1.63. The van der Waals surface area contributed by atoms with E-state index >= 15 is 0 Å². The van der Waals surface area contributed by atoms with E-state index in [1.165, 1.54) is 10.9 Å². The summed E-state index contributed by atoms with van der Waals surface area (Å²) in [7, 11) is 0. The molecule has 0 saturated heterocycles. The van der Waals surface area contributed by atoms with Crippen molar-refractivity contribution in [2.75, 3.05) is 0 Å². The van der Waals surface area contributed by atoms with Crippen LogP contribution in [0.1, 0.15) is 26.2 Å². The van der Waals surface area contributed by atoms with Gasteiger partial charge >= 0.3 is 92.0 Å². The van der Waals surface area contributed by atoms with Crippen LogP contribution < -0.4 is 0 Å². The first-order chi connectivity index (χ1) is 6.38. The number of allylic oxidation sites excluding steroid dienone is 2. The van der Waals surface area contributed by atoms with Crippen LogP contribution in [0.2, 0.25) is 19.3 Å². The summed E-state index contributed by atoms with van der Waals surface area (Å²) in [5.41, 5.74) is 1.64. The standard InChI is InChI=1S/C9H13O.3CH3.Sn/c1-7-3-5-9(6-4-7)8(2)10;;;;/h3,9H,1,4-6H2,2H3;3*1H3;. The van der Waals surface area contributed by atoms with E-state index in [2.05, 4.69) is 20.9 Å². The number of rotatable bonds is 3. The Kier molecular flexibility index (Phi) is 4.23. The van der Waals surface area contributed by atoms with Crippen LogP contribution in [0.3, 0.4) is 0 Å². The molecule has 14 heavy (non-hydrogen) atoms. The van der Waals surface area contributed by atoms with Crippen LogP contribution in [0.5, 0.6) is 0 Å². The summed E-state index contributed by atoms with van der Waals surface area (Å²) in [6, 6.07) is 0. The number of carbonyl (C=O) groups excluding carboxylic acids is 1. The van der Waals surface area contributed by atoms with Gasteiger partial charge in [-0.2, -0.15) is 0 Å². The molecular formula is C12H22OSn. The maximum atomic E-state index is 11.2. The molecule has 1 atom stereocenters. The van der Waals surface area contributed by atoms with Crippen LogP contribution in [0.4, 0.5) is 0 Å². The van der Waals surface area contributed by atoms with Crippen molar-refractivity contribution in [3.8, 4) is 0 Å². The van der Waals surface area contributed by atoms with E-state index in [0.29, 0.717) is 11.7 Å². The average molecular weight is 301 g/mol. The van der Waals surface area contributed by atoms with Crippen LogP contribution in [0, 0.1) is 5.92 Å². The normalized spacial score (nSPS) is 23.1. The van der Waals surface area contributed by atoms with Crippen molar-refractivity contribution in [1.82, 2.24) is 0 Å². The maximum absolute atomic E-state index is 11.2. The van der Waals surface area contributed by atoms with E-state index in [4.69, 9.17) is 0 Å². The molecule has 1 aliphatic carbocycles. The molecule has 1 aliphatic rings. The summed E-state index contributed by atoms with van der Waals surface area (Å²) in [5, 5.41) is 0. The van der Waals surface area contributed by atoms with Crippen molar-refractivity contribution in [1.29, 1.82) is 0 Å². The molecule has 0 saturated carbocycles. The molecule has 0 aromatic carbocycles. The Morgan fingerprint density at radius 1 is 1.50 bits per heavy atom. The predicted molar refractivity (Wildman–Crippen MR) is 64.3 cm³/mol. The number of carbonyl (C=O) groups is 1. The monoisotopic (exact) mass is 302 g/mol. The van der Waals surface area contributed by atoms with E-state index in [9.17, 15) is 4.79 Å². The van der Waals surface area contributed by atoms with Gasteiger partial charge in [0.05, 0.1) is 0 Å². The predicted octanol–water partition coefficient (Wildman–Crippen LogP) is 3.64. The molecule has 0 N–H and O–H groups in total. The van der Waals surface area contributed by atoms with E-state index in [1.807, 2.05) is 0 Å². The van der Waals surface area contributed by atoms with E-state index < -0.39 is 18.4 Å². The molecule has 0 aliphatic heterocycles. The summed E-state index contributed by atoms with van der Waals surface area (Å²) in [6.07, 6.45) is 5.63. The summed E-state index contributed by atoms with van der Waals surface area (Å²) in [5.74, 6) is 0.702. The van der Waals surface area contributed by atoms with E-state index in [1.54, 1.807) is 12.5 Å². The fourth-order valence-electron chi connectivity index (χ4n) is 2.10. The number of hydrogen-bond donors (Lipinski definition) is 0. The average Bonchev–Trinajstić information content (AvgIpc) is 2.02. The van der Waals surface area contributed by atoms with Crippen molar-refractivity contribution >= 4 is 24.2 Å². The summed E-state index contributed by atoms with van der Waals surface area (Å²) in [4.78, 5) is 18.6. The van der Waals surface area contributed by atoms with Crippen molar-refractivity contribution in [2.45, 2.75) is 45.4 Å². The van der Waals surface area contributed by atoms with Crippen molar-refractivity contribution in [2.24, 2.45) is 5.92 Å². The molecule has 2 heteroatoms. The van der Waals surface area contributed by atoms with Crippen LogP contribution >= 0.6 is 0 Å². The van der Waals surface area contributed by atoms with Gasteiger partial charge in [0, 0.05) is 0 Å². The van der Waals surface area contributed by atoms with Gasteiger partial charge < -0.3 is 0 Å². The quantitative estimate of drug-likeness (QED) is 0.574. The van der Waals surface area contributed by atoms with Gasteiger partial charge in [0.1, 0.15) is 0 Å². The van der Waals surface area contributed by atoms with Crippen molar-refractivity contribution in [3.63, 3.8) is 0 Å². The van der Waals surface area contributed by atoms with Gasteiger partial charge in [-0.1, -0.05) is 0 Å². The Morgan fingerprint density at radius 3 is 2.50 bits per heavy atom. The topological polar surface area (TPSA) is 17.1 Å². The van der Waals surface area contributed by atoms with Crippen LogP contribution in [0.25, 0.3) is 0 Å². The second-order valence-electron chi connectivity index (χ2n) is 5.68. The SMILES string of the molecule is CC(=O)C1CC=C([CH2][Sn]([CH3])([CH3])[CH3])CC1. The van der Waals surface area contributed by atoms with Gasteiger partial charge in [-0.15, -0.1) is 0 Å². The minimum absolute atomic E-state index is 0.328. The third-order valence-electron chi connectivity index (χ3n) is 2.84. The van der Waals surface area contributed by atoms with Crippen LogP contribution in [-0.2, 0) is 4.79 Å². The van der Waals surface area contributed by atoms with Gasteiger partial charge in [0.25, 0.3) is 0 Å². The number of hydrogen-bond acceptors (Lipinski definition) is 1. The molecule has 80 valence electrons. The molecule has 0 bridgehead atoms. The van der Waals surface area contributed by atoms with E-state index in [0.717, 1.165) is 12.8 Å². The number of ketones is 1. The molecule has 1 rings (SSSR count). The molecule has 0 amide bonds. The first-order valence-electron chi connectivity index (χ1n) is 5.57. The first-order valence-corrected chi connectivity index (χ1v) is 16.1. The third-order valence-corrected chi connectivity index (χ3v) is 7.16. The Bertz CT molecular complexity index is 248. The molecule has 1 nitrogen and oxygen atoms in total. The molecule has 0 fully saturated rings. The Morgan fingerprint density at radius 2 is 2.14 bits per heavy atom. The zero-order valence-electron chi connectivity index (χ0n) is 9.89. The van der Waals surface area contributed by atoms with Gasteiger partial charge in [-0.3, -0.25) is 0 Å². The Labute approximate surface area is 91.8 Å². The molecule has 1 unspecified atom stereocenters. The zero-order chi connectivity index (χ0) is 10.8. The summed E-state index contributed by atoms with van der Waals surface area (Å²) < 4.78 is 1.39. The Hall–Kier alpha value is 0.209. The zero-order valence-corrected chi connectivity index (χ0v) is 12.7. The van der Waals surface area contributed by atoms with Crippen molar-refractivity contribution < 1.29 is 4.79 Å². The van der Waals surface area contributed by atoms with Crippen molar-refractivity contribution in [3.05, 3.63) is 11.6 Å². The Balaban J connectivity index is 2.49. The summed E-state index contributed by atoms with van der Waals surface area (Å²) in [6.45, 7) is 1.73. The second-order valence-corrected chi connectivity index (χ2v) is 21.3. The molecule has 0 radical (unpaired) electrons. The van der Waals surface area contributed by atoms with Gasteiger partial charge in [-0.25, -0.2) is 0 Å². The molecule has 0 aromatic rings. The van der Waals surface area contributed by atoms with Gasteiger partial charge in [0.2, 0.25) is 0 Å². The summed E-state index contributed by atoms with van der Waals surface area (Å²) >= 11 is -1.63. The molecule has 0 heterocycles. The van der Waals surface area contributed by atoms with Crippen LogP contribution in [-0.4, -0.2) is 24.2 Å². The second kappa shape index (κ2) is 4.82. The van der Waals surface area contributed by atoms with Gasteiger partial charge in [0.15, 0.2) is 0 Å². The fraction of sp³-hybridized carbons (Fsp3) is 0.750. The molecule has 0 aromatic heterocycles.